The van der Waals surface area contributed by atoms with Crippen molar-refractivity contribution in [3.8, 4) is 0 Å². The summed E-state index contributed by atoms with van der Waals surface area (Å²) in [4.78, 5) is 19.8. The van der Waals surface area contributed by atoms with Crippen LogP contribution in [0.25, 0.3) is 0 Å². The molecular formula is C23H33N5O2S. The number of benzene rings is 1. The monoisotopic (exact) mass is 443 g/mol. The standard InChI is InChI=1S/C23H33N5O2S/c1-16(2)15-31(30)26-14-17-7-6-10-19(13-17)28-22(24)21-20(11-12-25-23(21)29)27-18-8-4-3-5-9-18/h6-7,10-13,16,18,26H,3-5,8-9,14-15H2,1-2H3,(H2,24,28)(H2,25,27,29). The van der Waals surface area contributed by atoms with Gasteiger partial charge in [-0.05, 0) is 42.5 Å². The molecule has 7 nitrogen and oxygen atoms in total. The lowest BCUT2D eigenvalue weighted by atomic mass is 9.95. The molecule has 8 heteroatoms. The van der Waals surface area contributed by atoms with E-state index in [4.69, 9.17) is 5.73 Å². The lowest BCUT2D eigenvalue weighted by Crippen LogP contribution is -2.29. The third-order valence-corrected chi connectivity index (χ3v) is 6.70. The van der Waals surface area contributed by atoms with Crippen LogP contribution in [0.15, 0.2) is 46.3 Å². The number of H-pyrrole nitrogens is 1. The van der Waals surface area contributed by atoms with Crippen LogP contribution in [0.2, 0.25) is 0 Å². The highest BCUT2D eigenvalue weighted by molar-refractivity contribution is 7.82. The first-order chi connectivity index (χ1) is 14.9. The van der Waals surface area contributed by atoms with Gasteiger partial charge in [0.1, 0.15) is 11.4 Å². The van der Waals surface area contributed by atoms with Gasteiger partial charge in [0.2, 0.25) is 0 Å². The number of aromatic amines is 1. The average Bonchev–Trinajstić information content (AvgIpc) is 2.73. The molecule has 0 radical (unpaired) electrons. The second-order valence-corrected chi connectivity index (χ2v) is 9.78. The smallest absolute Gasteiger partial charge is 0.261 e. The molecule has 1 aliphatic carbocycles. The topological polar surface area (TPSA) is 112 Å². The van der Waals surface area contributed by atoms with E-state index in [-0.39, 0.29) is 11.4 Å². The van der Waals surface area contributed by atoms with Crippen LogP contribution in [-0.4, -0.2) is 26.8 Å². The first-order valence-electron chi connectivity index (χ1n) is 11.0. The Morgan fingerprint density at radius 2 is 2.03 bits per heavy atom. The lowest BCUT2D eigenvalue weighted by molar-refractivity contribution is 0.462. The van der Waals surface area contributed by atoms with Gasteiger partial charge >= 0.3 is 0 Å². The van der Waals surface area contributed by atoms with Crippen molar-refractivity contribution in [2.24, 2.45) is 16.6 Å². The molecule has 168 valence electrons. The fraction of sp³-hybridized carbons (Fsp3) is 0.478. The molecule has 1 unspecified atom stereocenters. The van der Waals surface area contributed by atoms with Crippen LogP contribution in [0.5, 0.6) is 0 Å². The third-order valence-electron chi connectivity index (χ3n) is 5.26. The Morgan fingerprint density at radius 1 is 1.26 bits per heavy atom. The van der Waals surface area contributed by atoms with Gasteiger partial charge in [-0.25, -0.2) is 13.9 Å². The van der Waals surface area contributed by atoms with Crippen LogP contribution in [0.3, 0.4) is 0 Å². The molecule has 0 amide bonds. The number of hydrogen-bond donors (Lipinski definition) is 4. The Balaban J connectivity index is 1.76. The number of nitrogens with two attached hydrogens (primary N) is 1. The zero-order valence-corrected chi connectivity index (χ0v) is 19.1. The van der Waals surface area contributed by atoms with Crippen LogP contribution < -0.4 is 21.3 Å². The van der Waals surface area contributed by atoms with Gasteiger partial charge in [-0.3, -0.25) is 4.79 Å². The molecule has 0 saturated heterocycles. The van der Waals surface area contributed by atoms with Crippen LogP contribution in [-0.2, 0) is 17.5 Å². The van der Waals surface area contributed by atoms with Crippen molar-refractivity contribution in [1.82, 2.24) is 9.71 Å². The molecule has 1 saturated carbocycles. The van der Waals surface area contributed by atoms with Crippen LogP contribution >= 0.6 is 0 Å². The second kappa shape index (κ2) is 11.2. The lowest BCUT2D eigenvalue weighted by Gasteiger charge is -2.24. The number of nitrogens with one attached hydrogen (secondary N) is 3. The Bertz CT molecular complexity index is 980. The summed E-state index contributed by atoms with van der Waals surface area (Å²) in [5, 5.41) is 3.49. The zero-order chi connectivity index (χ0) is 22.2. The van der Waals surface area contributed by atoms with Crippen molar-refractivity contribution in [2.75, 3.05) is 11.1 Å². The van der Waals surface area contributed by atoms with Crippen molar-refractivity contribution in [3.05, 3.63) is 58.0 Å². The van der Waals surface area contributed by atoms with E-state index >= 15 is 0 Å². The van der Waals surface area contributed by atoms with E-state index in [0.717, 1.165) is 24.1 Å². The van der Waals surface area contributed by atoms with E-state index in [1.54, 1.807) is 6.20 Å². The van der Waals surface area contributed by atoms with Crippen LogP contribution in [0, 0.1) is 5.92 Å². The molecule has 0 spiro atoms. The summed E-state index contributed by atoms with van der Waals surface area (Å²) in [7, 11) is -1.07. The van der Waals surface area contributed by atoms with Gasteiger partial charge in [0, 0.05) is 24.5 Å². The number of pyridine rings is 1. The first-order valence-corrected chi connectivity index (χ1v) is 12.3. The van der Waals surface area contributed by atoms with Crippen molar-refractivity contribution in [1.29, 1.82) is 0 Å². The molecule has 1 aromatic heterocycles. The van der Waals surface area contributed by atoms with E-state index in [1.165, 1.54) is 19.3 Å². The summed E-state index contributed by atoms with van der Waals surface area (Å²) in [6.45, 7) is 4.56. The van der Waals surface area contributed by atoms with Gasteiger partial charge in [-0.2, -0.15) is 0 Å². The Morgan fingerprint density at radius 3 is 2.77 bits per heavy atom. The predicted octanol–water partition coefficient (Wildman–Crippen LogP) is 3.57. The molecule has 31 heavy (non-hydrogen) atoms. The van der Waals surface area contributed by atoms with Crippen molar-refractivity contribution >= 4 is 28.2 Å². The van der Waals surface area contributed by atoms with Gasteiger partial charge in [-0.15, -0.1) is 0 Å². The van der Waals surface area contributed by atoms with E-state index in [2.05, 4.69) is 20.0 Å². The summed E-state index contributed by atoms with van der Waals surface area (Å²) in [5.74, 6) is 1.15. The highest BCUT2D eigenvalue weighted by atomic mass is 32.2. The van der Waals surface area contributed by atoms with Crippen LogP contribution in [0.1, 0.15) is 57.1 Å². The molecule has 0 bridgehead atoms. The average molecular weight is 444 g/mol. The molecule has 1 aliphatic rings. The Hall–Kier alpha value is -2.45. The fourth-order valence-corrected chi connectivity index (χ4v) is 4.83. The number of amidine groups is 1. The van der Waals surface area contributed by atoms with Gasteiger partial charge in [0.25, 0.3) is 5.56 Å². The van der Waals surface area contributed by atoms with E-state index in [9.17, 15) is 9.00 Å². The van der Waals surface area contributed by atoms with Gasteiger partial charge < -0.3 is 16.0 Å². The predicted molar refractivity (Wildman–Crippen MR) is 129 cm³/mol. The largest absolute Gasteiger partial charge is 0.383 e. The van der Waals surface area contributed by atoms with E-state index in [0.29, 0.717) is 35.5 Å². The number of hydrogen-bond acceptors (Lipinski definition) is 4. The Kier molecular flexibility index (Phi) is 8.43. The maximum atomic E-state index is 12.5. The normalized spacial score (nSPS) is 16.4. The van der Waals surface area contributed by atoms with Crippen molar-refractivity contribution in [2.45, 2.75) is 58.5 Å². The Labute approximate surface area is 186 Å². The fourth-order valence-electron chi connectivity index (χ4n) is 3.78. The van der Waals surface area contributed by atoms with Crippen molar-refractivity contribution in [3.63, 3.8) is 0 Å². The molecule has 1 aromatic carbocycles. The van der Waals surface area contributed by atoms with Gasteiger partial charge in [-0.1, -0.05) is 45.2 Å². The quantitative estimate of drug-likeness (QED) is 0.350. The maximum Gasteiger partial charge on any atom is 0.261 e. The number of nitrogens with zero attached hydrogens (tertiary/aromatic N) is 1. The minimum Gasteiger partial charge on any atom is -0.383 e. The molecule has 1 heterocycles. The number of anilines is 1. The SMILES string of the molecule is CC(C)CS(=O)NCc1cccc(N=C(N)c2c(NC3CCCCC3)cc[nH]c2=O)c1. The summed E-state index contributed by atoms with van der Waals surface area (Å²) >= 11 is 0. The molecule has 5 N–H and O–H groups in total. The molecule has 0 aliphatic heterocycles. The first kappa shape index (κ1) is 23.2. The third kappa shape index (κ3) is 7.04. The highest BCUT2D eigenvalue weighted by Gasteiger charge is 2.17. The van der Waals surface area contributed by atoms with Gasteiger partial charge in [0.05, 0.1) is 22.4 Å². The van der Waals surface area contributed by atoms with Crippen molar-refractivity contribution < 1.29 is 4.21 Å². The number of aromatic nitrogens is 1. The zero-order valence-electron chi connectivity index (χ0n) is 18.3. The number of aliphatic imine (C=N–C) groups is 1. The second-order valence-electron chi connectivity index (χ2n) is 8.47. The molecule has 1 atom stereocenters. The summed E-state index contributed by atoms with van der Waals surface area (Å²) < 4.78 is 15.1. The highest BCUT2D eigenvalue weighted by Crippen LogP contribution is 2.23. The van der Waals surface area contributed by atoms with Crippen LogP contribution in [0.4, 0.5) is 11.4 Å². The van der Waals surface area contributed by atoms with E-state index < -0.39 is 11.0 Å². The molecular weight excluding hydrogens is 410 g/mol. The maximum absolute atomic E-state index is 12.5. The summed E-state index contributed by atoms with van der Waals surface area (Å²) in [6.07, 6.45) is 7.48. The molecule has 2 aromatic rings. The number of rotatable bonds is 9. The molecule has 3 rings (SSSR count). The molecule has 1 fully saturated rings. The minimum absolute atomic E-state index is 0.175. The minimum atomic E-state index is -1.07. The summed E-state index contributed by atoms with van der Waals surface area (Å²) in [5.41, 5.74) is 8.72. The summed E-state index contributed by atoms with van der Waals surface area (Å²) in [6, 6.07) is 9.75. The van der Waals surface area contributed by atoms with Gasteiger partial charge in [0.15, 0.2) is 0 Å². The van der Waals surface area contributed by atoms with E-state index in [1.807, 2.05) is 44.2 Å².